The Hall–Kier alpha value is -2.59. The third kappa shape index (κ3) is 5.69. The highest BCUT2D eigenvalue weighted by Crippen LogP contribution is 2.19. The van der Waals surface area contributed by atoms with Crippen LogP contribution in [0.1, 0.15) is 24.0 Å². The third-order valence-electron chi connectivity index (χ3n) is 5.02. The van der Waals surface area contributed by atoms with Gasteiger partial charge in [0.15, 0.2) is 0 Å². The third-order valence-corrected chi connectivity index (χ3v) is 5.02. The Morgan fingerprint density at radius 2 is 1.81 bits per heavy atom. The molecule has 3 rings (SSSR count). The van der Waals surface area contributed by atoms with Crippen LogP contribution in [0.3, 0.4) is 0 Å². The van der Waals surface area contributed by atoms with Crippen LogP contribution in [0.4, 0.5) is 0 Å². The number of nitrogens with one attached hydrogen (secondary N) is 1. The monoisotopic (exact) mass is 364 g/mol. The minimum atomic E-state index is 0.182. The average Bonchev–Trinajstić information content (AvgIpc) is 2.73. The van der Waals surface area contributed by atoms with Gasteiger partial charge in [0, 0.05) is 31.2 Å². The first-order chi connectivity index (χ1) is 13.3. The number of nitrogens with zero attached hydrogens (tertiary/aromatic N) is 1. The number of carbonyl (C=O) groups excluding carboxylic acids is 1. The second-order valence-corrected chi connectivity index (χ2v) is 6.86. The van der Waals surface area contributed by atoms with Crippen molar-refractivity contribution in [1.82, 2.24) is 10.2 Å². The lowest BCUT2D eigenvalue weighted by Gasteiger charge is -2.32. The maximum Gasteiger partial charge on any atom is 0.227 e. The highest BCUT2D eigenvalue weighted by molar-refractivity contribution is 5.79. The molecule has 1 saturated heterocycles. The van der Waals surface area contributed by atoms with Crippen molar-refractivity contribution in [3.63, 3.8) is 0 Å². The normalized spacial score (nSPS) is 15.2. The van der Waals surface area contributed by atoms with Crippen LogP contribution in [-0.4, -0.2) is 43.6 Å². The van der Waals surface area contributed by atoms with Gasteiger partial charge in [-0.3, -0.25) is 4.79 Å². The molecule has 1 heterocycles. The summed E-state index contributed by atoms with van der Waals surface area (Å²) < 4.78 is 5.35. The molecule has 0 bridgehead atoms. The van der Waals surface area contributed by atoms with Gasteiger partial charge in [-0.2, -0.15) is 0 Å². The summed E-state index contributed by atoms with van der Waals surface area (Å²) in [5.41, 5.74) is 2.17. The van der Waals surface area contributed by atoms with Gasteiger partial charge in [0.25, 0.3) is 0 Å². The van der Waals surface area contributed by atoms with E-state index >= 15 is 0 Å². The summed E-state index contributed by atoms with van der Waals surface area (Å²) in [5, 5.41) is 3.57. The largest absolute Gasteiger partial charge is 0.496 e. The van der Waals surface area contributed by atoms with Crippen LogP contribution in [0.25, 0.3) is 6.08 Å². The Labute approximate surface area is 161 Å². The lowest BCUT2D eigenvalue weighted by molar-refractivity contribution is -0.131. The van der Waals surface area contributed by atoms with Crippen LogP contribution in [0.5, 0.6) is 5.75 Å². The number of rotatable bonds is 7. The summed E-state index contributed by atoms with van der Waals surface area (Å²) >= 11 is 0. The zero-order chi connectivity index (χ0) is 18.9. The minimum absolute atomic E-state index is 0.182. The number of benzene rings is 2. The van der Waals surface area contributed by atoms with Gasteiger partial charge in [-0.1, -0.05) is 60.7 Å². The van der Waals surface area contributed by atoms with Gasteiger partial charge in [0.2, 0.25) is 5.91 Å². The fraction of sp³-hybridized carbons (Fsp3) is 0.348. The summed E-state index contributed by atoms with van der Waals surface area (Å²) in [6, 6.07) is 18.5. The number of para-hydroxylation sites is 1. The van der Waals surface area contributed by atoms with E-state index in [9.17, 15) is 4.79 Å². The van der Waals surface area contributed by atoms with Crippen LogP contribution in [0.15, 0.2) is 60.7 Å². The van der Waals surface area contributed by atoms with Gasteiger partial charge in [-0.05, 0) is 24.5 Å². The number of methoxy groups -OCH3 is 1. The number of likely N-dealkylation sites (tertiary alicyclic amines) is 1. The highest BCUT2D eigenvalue weighted by atomic mass is 16.5. The Kier molecular flexibility index (Phi) is 7.05. The SMILES string of the molecule is COc1ccccc1CC(=O)N1CCC(NC/C=C/c2ccccc2)CC1. The van der Waals surface area contributed by atoms with Gasteiger partial charge in [-0.25, -0.2) is 0 Å². The lowest BCUT2D eigenvalue weighted by Crippen LogP contribution is -2.45. The van der Waals surface area contributed by atoms with Crippen molar-refractivity contribution in [2.24, 2.45) is 0 Å². The first kappa shape index (κ1) is 19.2. The standard InChI is InChI=1S/C23H28N2O2/c1-27-22-12-6-5-11-20(22)18-23(26)25-16-13-21(14-17-25)24-15-7-10-19-8-3-2-4-9-19/h2-12,21,24H,13-18H2,1H3/b10-7+. The zero-order valence-corrected chi connectivity index (χ0v) is 15.9. The van der Waals surface area contributed by atoms with Crippen molar-refractivity contribution in [1.29, 1.82) is 0 Å². The maximum absolute atomic E-state index is 12.6. The molecule has 1 aliphatic heterocycles. The highest BCUT2D eigenvalue weighted by Gasteiger charge is 2.22. The molecular weight excluding hydrogens is 336 g/mol. The Morgan fingerprint density at radius 3 is 2.56 bits per heavy atom. The van der Waals surface area contributed by atoms with Crippen molar-refractivity contribution in [3.05, 3.63) is 71.8 Å². The number of carbonyl (C=O) groups is 1. The van der Waals surface area contributed by atoms with E-state index in [2.05, 4.69) is 29.6 Å². The fourth-order valence-electron chi connectivity index (χ4n) is 3.45. The summed E-state index contributed by atoms with van der Waals surface area (Å²) in [6.45, 7) is 2.48. The van der Waals surface area contributed by atoms with Crippen LogP contribution < -0.4 is 10.1 Å². The molecule has 0 unspecified atom stereocenters. The number of hydrogen-bond acceptors (Lipinski definition) is 3. The Bertz CT molecular complexity index is 750. The molecule has 4 heteroatoms. The average molecular weight is 364 g/mol. The van der Waals surface area contributed by atoms with Crippen molar-refractivity contribution < 1.29 is 9.53 Å². The first-order valence-corrected chi connectivity index (χ1v) is 9.61. The van der Waals surface area contributed by atoms with Crippen LogP contribution >= 0.6 is 0 Å². The molecule has 142 valence electrons. The smallest absolute Gasteiger partial charge is 0.227 e. The number of amides is 1. The number of ether oxygens (including phenoxy) is 1. The van der Waals surface area contributed by atoms with Crippen molar-refractivity contribution in [3.8, 4) is 5.75 Å². The van der Waals surface area contributed by atoms with E-state index in [1.165, 1.54) is 5.56 Å². The molecule has 1 amide bonds. The molecule has 1 aliphatic rings. The van der Waals surface area contributed by atoms with Gasteiger partial charge >= 0.3 is 0 Å². The number of piperidine rings is 1. The van der Waals surface area contributed by atoms with Crippen molar-refractivity contribution in [2.45, 2.75) is 25.3 Å². The zero-order valence-electron chi connectivity index (χ0n) is 15.9. The van der Waals surface area contributed by atoms with Crippen LogP contribution in [-0.2, 0) is 11.2 Å². The maximum atomic E-state index is 12.6. The molecule has 0 spiro atoms. The van der Waals surface area contributed by atoms with E-state index in [4.69, 9.17) is 4.74 Å². The number of hydrogen-bond donors (Lipinski definition) is 1. The Balaban J connectivity index is 1.40. The summed E-state index contributed by atoms with van der Waals surface area (Å²) in [5.74, 6) is 0.967. The van der Waals surface area contributed by atoms with E-state index in [-0.39, 0.29) is 5.91 Å². The molecule has 2 aromatic carbocycles. The van der Waals surface area contributed by atoms with E-state index in [1.807, 2.05) is 47.4 Å². The molecule has 2 aromatic rings. The van der Waals surface area contributed by atoms with Gasteiger partial charge in [0.1, 0.15) is 5.75 Å². The lowest BCUT2D eigenvalue weighted by atomic mass is 10.0. The minimum Gasteiger partial charge on any atom is -0.496 e. The van der Waals surface area contributed by atoms with Crippen molar-refractivity contribution >= 4 is 12.0 Å². The molecule has 1 fully saturated rings. The topological polar surface area (TPSA) is 41.6 Å². The molecule has 1 N–H and O–H groups in total. The van der Waals surface area contributed by atoms with E-state index < -0.39 is 0 Å². The fourth-order valence-corrected chi connectivity index (χ4v) is 3.45. The van der Waals surface area contributed by atoms with Crippen LogP contribution in [0.2, 0.25) is 0 Å². The van der Waals surface area contributed by atoms with Crippen LogP contribution in [0, 0.1) is 0 Å². The predicted octanol–water partition coefficient (Wildman–Crippen LogP) is 3.53. The molecule has 27 heavy (non-hydrogen) atoms. The quantitative estimate of drug-likeness (QED) is 0.817. The van der Waals surface area contributed by atoms with Gasteiger partial charge in [-0.15, -0.1) is 0 Å². The molecule has 0 aliphatic carbocycles. The molecule has 0 radical (unpaired) electrons. The molecule has 0 saturated carbocycles. The molecule has 0 atom stereocenters. The van der Waals surface area contributed by atoms with E-state index in [1.54, 1.807) is 7.11 Å². The summed E-state index contributed by atoms with van der Waals surface area (Å²) in [7, 11) is 1.65. The summed E-state index contributed by atoms with van der Waals surface area (Å²) in [6.07, 6.45) is 6.70. The van der Waals surface area contributed by atoms with Gasteiger partial charge < -0.3 is 15.0 Å². The second kappa shape index (κ2) is 9.93. The molecule has 0 aromatic heterocycles. The molecule has 4 nitrogen and oxygen atoms in total. The first-order valence-electron chi connectivity index (χ1n) is 9.61. The predicted molar refractivity (Wildman–Crippen MR) is 110 cm³/mol. The van der Waals surface area contributed by atoms with Crippen molar-refractivity contribution in [2.75, 3.05) is 26.7 Å². The summed E-state index contributed by atoms with van der Waals surface area (Å²) in [4.78, 5) is 14.6. The molecular formula is C23H28N2O2. The van der Waals surface area contributed by atoms with Gasteiger partial charge in [0.05, 0.1) is 13.5 Å². The van der Waals surface area contributed by atoms with E-state index in [0.29, 0.717) is 12.5 Å². The Morgan fingerprint density at radius 1 is 1.11 bits per heavy atom. The van der Waals surface area contributed by atoms with E-state index in [0.717, 1.165) is 43.8 Å². The second-order valence-electron chi connectivity index (χ2n) is 6.86.